The van der Waals surface area contributed by atoms with Crippen molar-refractivity contribution in [3.8, 4) is 10.6 Å². The molecule has 2 aromatic heterocycles. The minimum Gasteiger partial charge on any atom is -0.324 e. The molecule has 1 N–H and O–H groups in total. The zero-order chi connectivity index (χ0) is 24.5. The molecule has 1 aliphatic rings. The zero-order valence-electron chi connectivity index (χ0n) is 19.8. The Kier molecular flexibility index (Phi) is 5.26. The van der Waals surface area contributed by atoms with Crippen LogP contribution in [0.4, 0.5) is 19.4 Å². The molecule has 0 saturated carbocycles. The van der Waals surface area contributed by atoms with Gasteiger partial charge in [0.25, 0.3) is 6.43 Å². The van der Waals surface area contributed by atoms with Gasteiger partial charge in [0.05, 0.1) is 12.1 Å². The summed E-state index contributed by atoms with van der Waals surface area (Å²) in [6, 6.07) is 6.36. The highest BCUT2D eigenvalue weighted by Crippen LogP contribution is 2.27. The fourth-order valence-corrected chi connectivity index (χ4v) is 4.21. The van der Waals surface area contributed by atoms with E-state index in [2.05, 4.69) is 25.7 Å². The Balaban J connectivity index is 1.41. The van der Waals surface area contributed by atoms with Gasteiger partial charge in [-0.15, -0.1) is 20.4 Å². The Labute approximate surface area is 186 Å². The summed E-state index contributed by atoms with van der Waals surface area (Å²) < 4.78 is 48.4. The number of aryl methyl sites for hydroxylation is 1. The van der Waals surface area contributed by atoms with E-state index in [4.69, 9.17) is 4.11 Å². The van der Waals surface area contributed by atoms with Gasteiger partial charge in [-0.2, -0.15) is 0 Å². The van der Waals surface area contributed by atoms with Crippen LogP contribution in [-0.4, -0.2) is 75.3 Å². The molecule has 0 spiro atoms. The standard InChI is InChI=1S/C20H23F2N7OS/c1-12-24-27-19(31-12)13-3-4-16-14(9-13)10-18(26-25-16)23-20(30)29-7-5-15(6-8-29)28(2)11-17(21)22/h3-4,9-10,15,17H,5-8,11H2,1-2H3,(H,23,26,30)/i2D3. The van der Waals surface area contributed by atoms with Crippen LogP contribution in [0.15, 0.2) is 24.3 Å². The summed E-state index contributed by atoms with van der Waals surface area (Å²) in [6.07, 6.45) is -2.18. The monoisotopic (exact) mass is 450 g/mol. The number of carbonyl (C=O) groups is 1. The molecule has 0 aliphatic carbocycles. The Morgan fingerprint density at radius 3 is 2.77 bits per heavy atom. The Hall–Kier alpha value is -2.79. The van der Waals surface area contributed by atoms with E-state index < -0.39 is 32.0 Å². The molecule has 8 nitrogen and oxygen atoms in total. The third-order valence-corrected chi connectivity index (χ3v) is 6.01. The molecule has 11 heteroatoms. The Morgan fingerprint density at radius 1 is 1.29 bits per heavy atom. The zero-order valence-corrected chi connectivity index (χ0v) is 17.6. The molecule has 3 heterocycles. The van der Waals surface area contributed by atoms with Gasteiger partial charge in [-0.1, -0.05) is 11.3 Å². The molecule has 3 aromatic rings. The van der Waals surface area contributed by atoms with Crippen molar-refractivity contribution < 1.29 is 17.7 Å². The fraction of sp³-hybridized carbons (Fsp3) is 0.450. The number of benzene rings is 1. The number of fused-ring (bicyclic) bond motifs is 1. The number of urea groups is 1. The number of aromatic nitrogens is 4. The van der Waals surface area contributed by atoms with Crippen LogP contribution in [-0.2, 0) is 0 Å². The van der Waals surface area contributed by atoms with Crippen molar-refractivity contribution >= 4 is 34.1 Å². The number of amides is 2. The first-order valence-electron chi connectivity index (χ1n) is 11.3. The molecule has 1 aliphatic heterocycles. The molecule has 1 aromatic carbocycles. The van der Waals surface area contributed by atoms with Crippen molar-refractivity contribution in [3.63, 3.8) is 0 Å². The third kappa shape index (κ3) is 5.10. The largest absolute Gasteiger partial charge is 0.324 e. The van der Waals surface area contributed by atoms with Crippen LogP contribution in [0.5, 0.6) is 0 Å². The molecular formula is C20H23F2N7OS. The van der Waals surface area contributed by atoms with Crippen LogP contribution >= 0.6 is 11.3 Å². The van der Waals surface area contributed by atoms with E-state index in [1.54, 1.807) is 6.07 Å². The van der Waals surface area contributed by atoms with Gasteiger partial charge in [0, 0.05) is 34.2 Å². The molecule has 0 radical (unpaired) electrons. The van der Waals surface area contributed by atoms with Gasteiger partial charge in [0.1, 0.15) is 10.0 Å². The number of piperidine rings is 1. The second-order valence-corrected chi connectivity index (χ2v) is 8.50. The van der Waals surface area contributed by atoms with Gasteiger partial charge >= 0.3 is 6.03 Å². The highest BCUT2D eigenvalue weighted by atomic mass is 32.1. The van der Waals surface area contributed by atoms with E-state index in [1.165, 1.54) is 16.2 Å². The number of anilines is 1. The van der Waals surface area contributed by atoms with Crippen LogP contribution in [0.1, 0.15) is 22.0 Å². The van der Waals surface area contributed by atoms with Crippen molar-refractivity contribution in [3.05, 3.63) is 29.3 Å². The maximum Gasteiger partial charge on any atom is 0.323 e. The fourth-order valence-electron chi connectivity index (χ4n) is 3.52. The predicted molar refractivity (Wildman–Crippen MR) is 115 cm³/mol. The number of hydrogen-bond donors (Lipinski definition) is 1. The van der Waals surface area contributed by atoms with E-state index >= 15 is 0 Å². The number of alkyl halides is 2. The van der Waals surface area contributed by atoms with Crippen molar-refractivity contribution in [2.45, 2.75) is 32.2 Å². The molecule has 1 saturated heterocycles. The Bertz CT molecular complexity index is 1170. The van der Waals surface area contributed by atoms with E-state index in [9.17, 15) is 13.6 Å². The summed E-state index contributed by atoms with van der Waals surface area (Å²) in [6.45, 7) is -1.07. The van der Waals surface area contributed by atoms with Gasteiger partial charge in [-0.3, -0.25) is 10.2 Å². The summed E-state index contributed by atoms with van der Waals surface area (Å²) in [5, 5.41) is 21.5. The summed E-state index contributed by atoms with van der Waals surface area (Å²) in [5.74, 6) is 0.270. The second-order valence-electron chi connectivity index (χ2n) is 7.32. The van der Waals surface area contributed by atoms with Gasteiger partial charge in [-0.25, -0.2) is 13.6 Å². The molecule has 0 atom stereocenters. The van der Waals surface area contributed by atoms with Crippen molar-refractivity contribution in [1.29, 1.82) is 0 Å². The summed E-state index contributed by atoms with van der Waals surface area (Å²) in [7, 11) is 0. The van der Waals surface area contributed by atoms with Crippen LogP contribution in [0.25, 0.3) is 21.5 Å². The quantitative estimate of drug-likeness (QED) is 0.639. The van der Waals surface area contributed by atoms with Crippen LogP contribution in [0.3, 0.4) is 0 Å². The number of hydrogen-bond acceptors (Lipinski definition) is 7. The minimum atomic E-state index is -2.75. The van der Waals surface area contributed by atoms with Crippen molar-refractivity contribution in [2.75, 3.05) is 31.9 Å². The topological polar surface area (TPSA) is 87.1 Å². The third-order valence-electron chi connectivity index (χ3n) is 5.12. The number of rotatable bonds is 5. The molecule has 4 rings (SSSR count). The number of nitrogens with one attached hydrogen (secondary N) is 1. The number of halogens is 2. The first kappa shape index (κ1) is 17.8. The first-order chi connectivity index (χ1) is 16.1. The maximum absolute atomic E-state index is 12.9. The highest BCUT2D eigenvalue weighted by molar-refractivity contribution is 7.14. The molecular weight excluding hydrogens is 424 g/mol. The van der Waals surface area contributed by atoms with Gasteiger partial charge < -0.3 is 4.90 Å². The summed E-state index contributed by atoms with van der Waals surface area (Å²) >= 11 is 1.47. The molecule has 0 bridgehead atoms. The lowest BCUT2D eigenvalue weighted by molar-refractivity contribution is 0.0628. The highest BCUT2D eigenvalue weighted by Gasteiger charge is 2.26. The molecule has 0 unspecified atom stereocenters. The minimum absolute atomic E-state index is 0.244. The lowest BCUT2D eigenvalue weighted by Crippen LogP contribution is -2.47. The second kappa shape index (κ2) is 9.15. The van der Waals surface area contributed by atoms with E-state index in [-0.39, 0.29) is 31.7 Å². The molecule has 1 fully saturated rings. The van der Waals surface area contributed by atoms with E-state index in [1.807, 2.05) is 25.1 Å². The van der Waals surface area contributed by atoms with Gasteiger partial charge in [-0.05, 0) is 51.0 Å². The lowest BCUT2D eigenvalue weighted by atomic mass is 10.0. The molecule has 2 amide bonds. The normalized spacial score (nSPS) is 17.1. The maximum atomic E-state index is 12.9. The van der Waals surface area contributed by atoms with E-state index in [0.717, 1.165) is 25.9 Å². The van der Waals surface area contributed by atoms with Crippen LogP contribution in [0.2, 0.25) is 0 Å². The molecule has 164 valence electrons. The first-order valence-corrected chi connectivity index (χ1v) is 10.6. The van der Waals surface area contributed by atoms with E-state index in [0.29, 0.717) is 5.52 Å². The summed E-state index contributed by atoms with van der Waals surface area (Å²) in [4.78, 5) is 15.1. The van der Waals surface area contributed by atoms with Crippen LogP contribution in [0, 0.1) is 6.92 Å². The number of carbonyl (C=O) groups excluding carboxylic acids is 1. The predicted octanol–water partition coefficient (Wildman–Crippen LogP) is 3.65. The average Bonchev–Trinajstić information content (AvgIpc) is 3.22. The molecule has 31 heavy (non-hydrogen) atoms. The number of nitrogens with zero attached hydrogens (tertiary/aromatic N) is 6. The van der Waals surface area contributed by atoms with Gasteiger partial charge in [0.2, 0.25) is 0 Å². The van der Waals surface area contributed by atoms with Gasteiger partial charge in [0.15, 0.2) is 5.82 Å². The lowest BCUT2D eigenvalue weighted by Gasteiger charge is -2.36. The Morgan fingerprint density at radius 2 is 2.10 bits per heavy atom. The summed E-state index contributed by atoms with van der Waals surface area (Å²) in [5.41, 5.74) is 1.54. The smallest absolute Gasteiger partial charge is 0.323 e. The average molecular weight is 451 g/mol. The van der Waals surface area contributed by atoms with Crippen molar-refractivity contribution in [2.24, 2.45) is 0 Å². The number of likely N-dealkylation sites (tertiary alicyclic amines) is 1. The van der Waals surface area contributed by atoms with Crippen molar-refractivity contribution in [1.82, 2.24) is 30.2 Å². The SMILES string of the molecule is [2H]C([2H])([2H])N(CC(F)F)C1CCN(C(=O)Nc2cc3cc(-c4nnc(C)s4)ccc3nn2)CC1. The van der Waals surface area contributed by atoms with Crippen LogP contribution < -0.4 is 5.32 Å².